The van der Waals surface area contributed by atoms with Gasteiger partial charge in [0.05, 0.1) is 0 Å². The summed E-state index contributed by atoms with van der Waals surface area (Å²) in [6.45, 7) is 7.70. The summed E-state index contributed by atoms with van der Waals surface area (Å²) in [5.41, 5.74) is 1.33. The predicted molar refractivity (Wildman–Crippen MR) is 46.2 cm³/mol. The number of pyridine rings is 1. The Kier molecular flexibility index (Phi) is 4.91. The standard InChI is InChI=1S/C10H16N.ClH/c1-9(2)7-11-6-4-5-10(3)8-11;/h4-6,8-9H,7H2,1-3H3;1H/q+1;/p-1. The number of hydrogen-bond donors (Lipinski definition) is 0. The molecule has 0 aliphatic heterocycles. The van der Waals surface area contributed by atoms with Crippen LogP contribution < -0.4 is 17.0 Å². The molecule has 1 heterocycles. The fraction of sp³-hybridized carbons (Fsp3) is 0.500. The van der Waals surface area contributed by atoms with Crippen molar-refractivity contribution in [1.29, 1.82) is 0 Å². The lowest BCUT2D eigenvalue weighted by molar-refractivity contribution is -0.702. The van der Waals surface area contributed by atoms with E-state index in [-0.39, 0.29) is 12.4 Å². The normalized spacial score (nSPS) is 9.67. The molecule has 0 aliphatic rings. The van der Waals surface area contributed by atoms with Gasteiger partial charge in [-0.3, -0.25) is 0 Å². The minimum absolute atomic E-state index is 0. The predicted octanol–water partition coefficient (Wildman–Crippen LogP) is -1.06. The summed E-state index contributed by atoms with van der Waals surface area (Å²) >= 11 is 0. The Morgan fingerprint density at radius 2 is 2.08 bits per heavy atom. The molecule has 2 heteroatoms. The van der Waals surface area contributed by atoms with Gasteiger partial charge in [0.25, 0.3) is 0 Å². The molecule has 0 N–H and O–H groups in total. The minimum Gasteiger partial charge on any atom is -1.00 e. The molecule has 0 atom stereocenters. The van der Waals surface area contributed by atoms with Crippen LogP contribution in [0.4, 0.5) is 0 Å². The summed E-state index contributed by atoms with van der Waals surface area (Å²) < 4.78 is 2.24. The monoisotopic (exact) mass is 185 g/mol. The molecule has 0 unspecified atom stereocenters. The van der Waals surface area contributed by atoms with E-state index in [0.29, 0.717) is 0 Å². The molecule has 12 heavy (non-hydrogen) atoms. The zero-order valence-electron chi connectivity index (χ0n) is 7.92. The van der Waals surface area contributed by atoms with Crippen LogP contribution in [-0.4, -0.2) is 0 Å². The Morgan fingerprint density at radius 1 is 1.42 bits per heavy atom. The molecule has 0 spiro atoms. The van der Waals surface area contributed by atoms with E-state index in [1.807, 2.05) is 0 Å². The van der Waals surface area contributed by atoms with Crippen LogP contribution in [0.15, 0.2) is 24.5 Å². The van der Waals surface area contributed by atoms with Gasteiger partial charge in [0.1, 0.15) is 0 Å². The van der Waals surface area contributed by atoms with Gasteiger partial charge in [-0.15, -0.1) is 0 Å². The molecule has 0 saturated carbocycles. The maximum absolute atomic E-state index is 2.24. The van der Waals surface area contributed by atoms with Crippen LogP contribution in [0.5, 0.6) is 0 Å². The maximum atomic E-state index is 2.24. The second kappa shape index (κ2) is 5.15. The highest BCUT2D eigenvalue weighted by atomic mass is 35.5. The molecular formula is C10H16ClN. The lowest BCUT2D eigenvalue weighted by Gasteiger charge is -1.99. The number of aromatic nitrogens is 1. The number of rotatable bonds is 2. The van der Waals surface area contributed by atoms with E-state index in [1.54, 1.807) is 0 Å². The first kappa shape index (κ1) is 11.4. The molecule has 68 valence electrons. The lowest BCUT2D eigenvalue weighted by atomic mass is 10.2. The molecular weight excluding hydrogens is 170 g/mol. The van der Waals surface area contributed by atoms with E-state index in [9.17, 15) is 0 Å². The SMILES string of the molecule is Cc1ccc[n+](CC(C)C)c1.[Cl-]. The second-order valence-electron chi connectivity index (χ2n) is 3.47. The summed E-state index contributed by atoms with van der Waals surface area (Å²) in [6.07, 6.45) is 4.30. The highest BCUT2D eigenvalue weighted by Crippen LogP contribution is 1.93. The largest absolute Gasteiger partial charge is 1.00 e. The second-order valence-corrected chi connectivity index (χ2v) is 3.47. The quantitative estimate of drug-likeness (QED) is 0.518. The fourth-order valence-corrected chi connectivity index (χ4v) is 1.19. The Balaban J connectivity index is 0.00000121. The van der Waals surface area contributed by atoms with Crippen molar-refractivity contribution in [2.45, 2.75) is 27.3 Å². The van der Waals surface area contributed by atoms with Crippen molar-refractivity contribution >= 4 is 0 Å². The molecule has 1 nitrogen and oxygen atoms in total. The third-order valence-corrected chi connectivity index (χ3v) is 1.58. The van der Waals surface area contributed by atoms with Crippen molar-refractivity contribution in [3.63, 3.8) is 0 Å². The van der Waals surface area contributed by atoms with Gasteiger partial charge in [-0.2, -0.15) is 0 Å². The number of hydrogen-bond acceptors (Lipinski definition) is 0. The third kappa shape index (κ3) is 3.72. The zero-order chi connectivity index (χ0) is 8.27. The summed E-state index contributed by atoms with van der Waals surface area (Å²) in [4.78, 5) is 0. The van der Waals surface area contributed by atoms with Crippen LogP contribution in [-0.2, 0) is 6.54 Å². The van der Waals surface area contributed by atoms with E-state index in [2.05, 4.69) is 49.9 Å². The van der Waals surface area contributed by atoms with Crippen molar-refractivity contribution in [3.8, 4) is 0 Å². The lowest BCUT2D eigenvalue weighted by Crippen LogP contribution is -3.00. The van der Waals surface area contributed by atoms with E-state index >= 15 is 0 Å². The molecule has 0 amide bonds. The van der Waals surface area contributed by atoms with Crippen molar-refractivity contribution < 1.29 is 17.0 Å². The van der Waals surface area contributed by atoms with Crippen molar-refractivity contribution in [3.05, 3.63) is 30.1 Å². The molecule has 1 aromatic heterocycles. The van der Waals surface area contributed by atoms with Crippen LogP contribution in [0, 0.1) is 12.8 Å². The van der Waals surface area contributed by atoms with Crippen molar-refractivity contribution in [2.75, 3.05) is 0 Å². The first-order valence-corrected chi connectivity index (χ1v) is 4.14. The smallest absolute Gasteiger partial charge is 0.171 e. The number of halogens is 1. The minimum atomic E-state index is 0. The average Bonchev–Trinajstić information content (AvgIpc) is 1.85. The Morgan fingerprint density at radius 3 is 2.58 bits per heavy atom. The molecule has 0 radical (unpaired) electrons. The molecule has 0 saturated heterocycles. The summed E-state index contributed by atoms with van der Waals surface area (Å²) in [7, 11) is 0. The third-order valence-electron chi connectivity index (χ3n) is 1.58. The van der Waals surface area contributed by atoms with Crippen molar-refractivity contribution in [2.24, 2.45) is 5.92 Å². The average molecular weight is 186 g/mol. The van der Waals surface area contributed by atoms with Crippen LogP contribution in [0.2, 0.25) is 0 Å². The Labute approximate surface area is 80.8 Å². The highest BCUT2D eigenvalue weighted by molar-refractivity contribution is 5.01. The van der Waals surface area contributed by atoms with E-state index in [4.69, 9.17) is 0 Å². The highest BCUT2D eigenvalue weighted by Gasteiger charge is 2.02. The Hall–Kier alpha value is -0.560. The molecule has 0 fully saturated rings. The van der Waals surface area contributed by atoms with Gasteiger partial charge in [-0.05, 0) is 13.0 Å². The van der Waals surface area contributed by atoms with E-state index in [1.165, 1.54) is 5.56 Å². The first-order chi connectivity index (χ1) is 5.18. The van der Waals surface area contributed by atoms with E-state index in [0.717, 1.165) is 12.5 Å². The summed E-state index contributed by atoms with van der Waals surface area (Å²) in [5.74, 6) is 0.724. The molecule has 1 rings (SSSR count). The maximum Gasteiger partial charge on any atom is 0.171 e. The van der Waals surface area contributed by atoms with Gasteiger partial charge in [-0.1, -0.05) is 13.8 Å². The molecule has 1 aromatic rings. The summed E-state index contributed by atoms with van der Waals surface area (Å²) in [6, 6.07) is 4.22. The topological polar surface area (TPSA) is 3.88 Å². The van der Waals surface area contributed by atoms with Gasteiger partial charge in [-0.25, -0.2) is 4.57 Å². The van der Waals surface area contributed by atoms with Crippen LogP contribution in [0.25, 0.3) is 0 Å². The van der Waals surface area contributed by atoms with Gasteiger partial charge in [0.2, 0.25) is 0 Å². The zero-order valence-corrected chi connectivity index (χ0v) is 8.67. The fourth-order valence-electron chi connectivity index (χ4n) is 1.19. The van der Waals surface area contributed by atoms with Gasteiger partial charge in [0.15, 0.2) is 18.9 Å². The van der Waals surface area contributed by atoms with Crippen LogP contribution in [0.1, 0.15) is 19.4 Å². The first-order valence-electron chi connectivity index (χ1n) is 4.14. The number of aryl methyl sites for hydroxylation is 1. The van der Waals surface area contributed by atoms with Gasteiger partial charge < -0.3 is 12.4 Å². The van der Waals surface area contributed by atoms with Crippen LogP contribution >= 0.6 is 0 Å². The number of nitrogens with zero attached hydrogens (tertiary/aromatic N) is 1. The van der Waals surface area contributed by atoms with E-state index < -0.39 is 0 Å². The van der Waals surface area contributed by atoms with Gasteiger partial charge in [0, 0.05) is 17.5 Å². The van der Waals surface area contributed by atoms with Gasteiger partial charge >= 0.3 is 0 Å². The Bertz CT molecular complexity index is 233. The van der Waals surface area contributed by atoms with Crippen molar-refractivity contribution in [1.82, 2.24) is 0 Å². The van der Waals surface area contributed by atoms with Crippen LogP contribution in [0.3, 0.4) is 0 Å². The summed E-state index contributed by atoms with van der Waals surface area (Å²) in [5, 5.41) is 0. The molecule has 0 aliphatic carbocycles. The molecule has 0 bridgehead atoms. The molecule has 0 aromatic carbocycles.